The normalized spacial score (nSPS) is 31.8. The van der Waals surface area contributed by atoms with E-state index in [1.807, 2.05) is 0 Å². The zero-order valence-corrected chi connectivity index (χ0v) is 10.7. The van der Waals surface area contributed by atoms with Gasteiger partial charge in [0.2, 0.25) is 0 Å². The smallest absolute Gasteiger partial charge is 0.0960 e. The van der Waals surface area contributed by atoms with Gasteiger partial charge in [-0.2, -0.15) is 0 Å². The average Bonchev–Trinajstić information content (AvgIpc) is 2.58. The molecular weight excluding hydrogens is 226 g/mol. The van der Waals surface area contributed by atoms with Crippen LogP contribution in [-0.4, -0.2) is 6.04 Å². The molecule has 1 aliphatic rings. The highest BCUT2D eigenvalue weighted by Gasteiger charge is 2.26. The monoisotopic (exact) mass is 243 g/mol. The average molecular weight is 244 g/mol. The summed E-state index contributed by atoms with van der Waals surface area (Å²) in [4.78, 5) is 0. The van der Waals surface area contributed by atoms with Crippen molar-refractivity contribution in [1.82, 2.24) is 0 Å². The molecule has 2 N–H and O–H groups in total. The molecule has 1 heterocycles. The van der Waals surface area contributed by atoms with E-state index in [1.54, 1.807) is 11.3 Å². The number of halogens is 1. The summed E-state index contributed by atoms with van der Waals surface area (Å²) in [5.74, 6) is 1.52. The van der Waals surface area contributed by atoms with Gasteiger partial charge in [-0.3, -0.25) is 0 Å². The maximum absolute atomic E-state index is 6.13. The van der Waals surface area contributed by atoms with E-state index < -0.39 is 0 Å². The summed E-state index contributed by atoms with van der Waals surface area (Å²) in [7, 11) is 0. The molecule has 3 unspecified atom stereocenters. The first-order valence-electron chi connectivity index (χ1n) is 5.64. The fourth-order valence-electron chi connectivity index (χ4n) is 2.48. The molecule has 2 rings (SSSR count). The second-order valence-electron chi connectivity index (χ2n) is 4.73. The lowest BCUT2D eigenvalue weighted by molar-refractivity contribution is 0.232. The zero-order valence-electron chi connectivity index (χ0n) is 9.08. The highest BCUT2D eigenvalue weighted by atomic mass is 35.5. The number of rotatable bonds is 2. The first-order valence-corrected chi connectivity index (χ1v) is 6.90. The minimum absolute atomic E-state index is 0.406. The molecule has 1 fully saturated rings. The number of hydrogen-bond donors (Lipinski definition) is 1. The molecule has 1 aromatic heterocycles. The summed E-state index contributed by atoms with van der Waals surface area (Å²) in [5.41, 5.74) is 7.34. The number of hydrogen-bond acceptors (Lipinski definition) is 2. The Labute approximate surface area is 101 Å². The van der Waals surface area contributed by atoms with Gasteiger partial charge in [0.05, 0.1) is 4.34 Å². The fourth-order valence-corrected chi connectivity index (χ4v) is 3.43. The van der Waals surface area contributed by atoms with Crippen LogP contribution in [0.3, 0.4) is 0 Å². The van der Waals surface area contributed by atoms with E-state index in [2.05, 4.69) is 18.4 Å². The van der Waals surface area contributed by atoms with Crippen LogP contribution in [0.2, 0.25) is 4.34 Å². The van der Waals surface area contributed by atoms with Crippen LogP contribution in [0.15, 0.2) is 11.4 Å². The van der Waals surface area contributed by atoms with Crippen molar-refractivity contribution in [3.05, 3.63) is 21.3 Å². The van der Waals surface area contributed by atoms with Crippen molar-refractivity contribution in [2.45, 2.75) is 38.6 Å². The Bertz CT molecular complexity index is 323. The van der Waals surface area contributed by atoms with Gasteiger partial charge in [-0.25, -0.2) is 0 Å². The van der Waals surface area contributed by atoms with Crippen molar-refractivity contribution >= 4 is 22.9 Å². The molecule has 0 spiro atoms. The molecule has 0 radical (unpaired) electrons. The van der Waals surface area contributed by atoms with Crippen LogP contribution in [0.1, 0.15) is 31.7 Å². The fraction of sp³-hybridized carbons (Fsp3) is 0.667. The minimum Gasteiger partial charge on any atom is -0.328 e. The summed E-state index contributed by atoms with van der Waals surface area (Å²) in [6, 6.07) is 2.56. The second kappa shape index (κ2) is 4.86. The lowest BCUT2D eigenvalue weighted by Gasteiger charge is -2.32. The molecule has 0 bridgehead atoms. The van der Waals surface area contributed by atoms with E-state index in [9.17, 15) is 0 Å². The lowest BCUT2D eigenvalue weighted by Crippen LogP contribution is -2.33. The standard InChI is InChI=1S/C12H18ClNS/c1-8-2-3-11(14)7-10(8)6-9-4-5-15-12(9)13/h4-5,8,10-11H,2-3,6-7,14H2,1H3. The van der Waals surface area contributed by atoms with Crippen molar-refractivity contribution in [1.29, 1.82) is 0 Å². The topological polar surface area (TPSA) is 26.0 Å². The number of nitrogens with two attached hydrogens (primary N) is 1. The van der Waals surface area contributed by atoms with E-state index in [0.29, 0.717) is 6.04 Å². The van der Waals surface area contributed by atoms with Gasteiger partial charge in [-0.05, 0) is 54.5 Å². The molecule has 1 aromatic rings. The van der Waals surface area contributed by atoms with Crippen molar-refractivity contribution in [3.8, 4) is 0 Å². The van der Waals surface area contributed by atoms with Gasteiger partial charge in [0.25, 0.3) is 0 Å². The Morgan fingerprint density at radius 1 is 1.53 bits per heavy atom. The van der Waals surface area contributed by atoms with Crippen LogP contribution in [0.25, 0.3) is 0 Å². The van der Waals surface area contributed by atoms with Crippen LogP contribution in [0.5, 0.6) is 0 Å². The highest BCUT2D eigenvalue weighted by Crippen LogP contribution is 2.34. The maximum atomic E-state index is 6.13. The van der Waals surface area contributed by atoms with Crippen LogP contribution >= 0.6 is 22.9 Å². The molecule has 3 atom stereocenters. The lowest BCUT2D eigenvalue weighted by atomic mass is 9.75. The van der Waals surface area contributed by atoms with Gasteiger partial charge in [0, 0.05) is 6.04 Å². The Morgan fingerprint density at radius 3 is 3.00 bits per heavy atom. The van der Waals surface area contributed by atoms with Gasteiger partial charge in [0.15, 0.2) is 0 Å². The highest BCUT2D eigenvalue weighted by molar-refractivity contribution is 7.14. The van der Waals surface area contributed by atoms with E-state index in [4.69, 9.17) is 17.3 Å². The largest absolute Gasteiger partial charge is 0.328 e. The summed E-state index contributed by atoms with van der Waals surface area (Å²) >= 11 is 7.76. The minimum atomic E-state index is 0.406. The Hall–Kier alpha value is -0.0500. The number of thiophene rings is 1. The summed E-state index contributed by atoms with van der Waals surface area (Å²) in [6.07, 6.45) is 4.73. The van der Waals surface area contributed by atoms with Crippen molar-refractivity contribution in [2.75, 3.05) is 0 Å². The quantitative estimate of drug-likeness (QED) is 0.842. The maximum Gasteiger partial charge on any atom is 0.0960 e. The van der Waals surface area contributed by atoms with E-state index in [1.165, 1.54) is 18.4 Å². The van der Waals surface area contributed by atoms with Gasteiger partial charge in [-0.1, -0.05) is 18.5 Å². The molecule has 0 aliphatic heterocycles. The SMILES string of the molecule is CC1CCC(N)CC1Cc1ccsc1Cl. The van der Waals surface area contributed by atoms with Crippen LogP contribution in [0.4, 0.5) is 0 Å². The predicted octanol–water partition coefficient (Wildman–Crippen LogP) is 3.71. The Kier molecular flexibility index (Phi) is 3.70. The van der Waals surface area contributed by atoms with Crippen molar-refractivity contribution < 1.29 is 0 Å². The molecule has 0 saturated heterocycles. The molecule has 84 valence electrons. The molecule has 1 saturated carbocycles. The second-order valence-corrected chi connectivity index (χ2v) is 6.25. The Balaban J connectivity index is 2.01. The first kappa shape index (κ1) is 11.4. The molecule has 0 aromatic carbocycles. The van der Waals surface area contributed by atoms with Crippen molar-refractivity contribution in [2.24, 2.45) is 17.6 Å². The molecule has 1 aliphatic carbocycles. The third kappa shape index (κ3) is 2.74. The molecular formula is C12H18ClNS. The molecule has 1 nitrogen and oxygen atoms in total. The molecule has 15 heavy (non-hydrogen) atoms. The van der Waals surface area contributed by atoms with Gasteiger partial charge in [-0.15, -0.1) is 11.3 Å². The van der Waals surface area contributed by atoms with E-state index in [0.717, 1.165) is 29.0 Å². The van der Waals surface area contributed by atoms with Crippen LogP contribution < -0.4 is 5.73 Å². The van der Waals surface area contributed by atoms with E-state index in [-0.39, 0.29) is 0 Å². The summed E-state index contributed by atoms with van der Waals surface area (Å²) < 4.78 is 0.960. The van der Waals surface area contributed by atoms with Crippen molar-refractivity contribution in [3.63, 3.8) is 0 Å². The third-order valence-corrected chi connectivity index (χ3v) is 4.83. The first-order chi connectivity index (χ1) is 7.16. The van der Waals surface area contributed by atoms with Gasteiger partial charge in [0.1, 0.15) is 0 Å². The zero-order chi connectivity index (χ0) is 10.8. The third-order valence-electron chi connectivity index (χ3n) is 3.58. The molecule has 0 amide bonds. The van der Waals surface area contributed by atoms with Crippen LogP contribution in [0, 0.1) is 11.8 Å². The van der Waals surface area contributed by atoms with Gasteiger partial charge >= 0.3 is 0 Å². The summed E-state index contributed by atoms with van der Waals surface area (Å²) in [6.45, 7) is 2.34. The van der Waals surface area contributed by atoms with E-state index >= 15 is 0 Å². The predicted molar refractivity (Wildman–Crippen MR) is 67.5 cm³/mol. The Morgan fingerprint density at radius 2 is 2.33 bits per heavy atom. The van der Waals surface area contributed by atoms with Crippen LogP contribution in [-0.2, 0) is 6.42 Å². The summed E-state index contributed by atoms with van der Waals surface area (Å²) in [5, 5.41) is 2.07. The molecule has 3 heteroatoms. The van der Waals surface area contributed by atoms with Gasteiger partial charge < -0.3 is 5.73 Å².